The standard InChI is InChI=1S/C14H20ClNS/c1-2-7-16-14(12-6-8-17-10-12)11-4-3-5-13(15)9-11/h3-5,9,12,14,16H,2,6-8,10H2,1H3. The van der Waals surface area contributed by atoms with Crippen molar-refractivity contribution in [3.05, 3.63) is 34.9 Å². The molecule has 2 rings (SSSR count). The van der Waals surface area contributed by atoms with Gasteiger partial charge in [-0.2, -0.15) is 11.8 Å². The Kier molecular flexibility index (Phi) is 5.20. The Labute approximate surface area is 113 Å². The van der Waals surface area contributed by atoms with E-state index in [0.717, 1.165) is 17.5 Å². The summed E-state index contributed by atoms with van der Waals surface area (Å²) in [5.74, 6) is 3.33. The van der Waals surface area contributed by atoms with Crippen molar-refractivity contribution in [1.29, 1.82) is 0 Å². The van der Waals surface area contributed by atoms with E-state index in [-0.39, 0.29) is 0 Å². The molecule has 0 aromatic heterocycles. The monoisotopic (exact) mass is 269 g/mol. The van der Waals surface area contributed by atoms with Gasteiger partial charge in [0.2, 0.25) is 0 Å². The molecule has 0 spiro atoms. The quantitative estimate of drug-likeness (QED) is 0.862. The van der Waals surface area contributed by atoms with E-state index in [9.17, 15) is 0 Å². The molecule has 0 bridgehead atoms. The Hall–Kier alpha value is -0.180. The lowest BCUT2D eigenvalue weighted by Crippen LogP contribution is -2.29. The Morgan fingerprint density at radius 3 is 3.06 bits per heavy atom. The van der Waals surface area contributed by atoms with Crippen LogP contribution in [0.1, 0.15) is 31.4 Å². The molecule has 1 N–H and O–H groups in total. The first kappa shape index (κ1) is 13.3. The average Bonchev–Trinajstić information content (AvgIpc) is 2.83. The summed E-state index contributed by atoms with van der Waals surface area (Å²) >= 11 is 8.17. The van der Waals surface area contributed by atoms with Crippen LogP contribution in [0.15, 0.2) is 24.3 Å². The largest absolute Gasteiger partial charge is 0.310 e. The van der Waals surface area contributed by atoms with E-state index in [1.54, 1.807) is 0 Å². The van der Waals surface area contributed by atoms with Gasteiger partial charge >= 0.3 is 0 Å². The maximum absolute atomic E-state index is 6.10. The maximum atomic E-state index is 6.10. The Bertz CT molecular complexity index is 350. The Morgan fingerprint density at radius 1 is 1.53 bits per heavy atom. The average molecular weight is 270 g/mol. The van der Waals surface area contributed by atoms with Gasteiger partial charge in [0.25, 0.3) is 0 Å². The molecule has 0 radical (unpaired) electrons. The van der Waals surface area contributed by atoms with E-state index in [0.29, 0.717) is 6.04 Å². The molecule has 17 heavy (non-hydrogen) atoms. The zero-order valence-electron chi connectivity index (χ0n) is 10.3. The summed E-state index contributed by atoms with van der Waals surface area (Å²) in [6, 6.07) is 8.79. The minimum Gasteiger partial charge on any atom is -0.310 e. The van der Waals surface area contributed by atoms with Gasteiger partial charge in [0.15, 0.2) is 0 Å². The molecule has 0 aliphatic carbocycles. The molecule has 0 saturated carbocycles. The number of rotatable bonds is 5. The predicted octanol–water partition coefficient (Wildman–Crippen LogP) is 4.13. The minimum absolute atomic E-state index is 0.476. The van der Waals surface area contributed by atoms with Crippen molar-refractivity contribution in [2.45, 2.75) is 25.8 Å². The van der Waals surface area contributed by atoms with Crippen LogP contribution in [0.25, 0.3) is 0 Å². The van der Waals surface area contributed by atoms with Crippen molar-refractivity contribution < 1.29 is 0 Å². The van der Waals surface area contributed by atoms with Crippen LogP contribution in [0.2, 0.25) is 5.02 Å². The first-order chi connectivity index (χ1) is 8.31. The number of thioether (sulfide) groups is 1. The summed E-state index contributed by atoms with van der Waals surface area (Å²) in [6.45, 7) is 3.30. The molecule has 1 heterocycles. The molecule has 1 aromatic rings. The molecule has 2 atom stereocenters. The second-order valence-electron chi connectivity index (χ2n) is 4.61. The fraction of sp³-hybridized carbons (Fsp3) is 0.571. The lowest BCUT2D eigenvalue weighted by molar-refractivity contribution is 0.394. The fourth-order valence-corrected chi connectivity index (χ4v) is 3.87. The van der Waals surface area contributed by atoms with Crippen LogP contribution in [-0.4, -0.2) is 18.1 Å². The van der Waals surface area contributed by atoms with Crippen molar-refractivity contribution >= 4 is 23.4 Å². The third kappa shape index (κ3) is 3.64. The molecule has 1 fully saturated rings. The number of hydrogen-bond donors (Lipinski definition) is 1. The zero-order chi connectivity index (χ0) is 12.1. The summed E-state index contributed by atoms with van der Waals surface area (Å²) in [6.07, 6.45) is 2.50. The van der Waals surface area contributed by atoms with Gasteiger partial charge in [0.05, 0.1) is 0 Å². The topological polar surface area (TPSA) is 12.0 Å². The van der Waals surface area contributed by atoms with Crippen LogP contribution >= 0.6 is 23.4 Å². The van der Waals surface area contributed by atoms with Crippen LogP contribution in [0.4, 0.5) is 0 Å². The van der Waals surface area contributed by atoms with E-state index >= 15 is 0 Å². The molecule has 1 saturated heterocycles. The molecule has 0 amide bonds. The normalized spacial score (nSPS) is 21.6. The highest BCUT2D eigenvalue weighted by molar-refractivity contribution is 7.99. The number of nitrogens with one attached hydrogen (secondary N) is 1. The van der Waals surface area contributed by atoms with E-state index in [2.05, 4.69) is 42.2 Å². The van der Waals surface area contributed by atoms with Gasteiger partial charge in [0.1, 0.15) is 0 Å². The number of benzene rings is 1. The van der Waals surface area contributed by atoms with Gasteiger partial charge in [-0.3, -0.25) is 0 Å². The van der Waals surface area contributed by atoms with Gasteiger partial charge in [-0.1, -0.05) is 30.7 Å². The van der Waals surface area contributed by atoms with E-state index in [4.69, 9.17) is 11.6 Å². The van der Waals surface area contributed by atoms with Gasteiger partial charge < -0.3 is 5.32 Å². The van der Waals surface area contributed by atoms with Gasteiger partial charge in [0, 0.05) is 11.1 Å². The molecule has 1 aliphatic heterocycles. The third-order valence-electron chi connectivity index (χ3n) is 3.26. The summed E-state index contributed by atoms with van der Waals surface area (Å²) in [7, 11) is 0. The molecule has 1 aromatic carbocycles. The highest BCUT2D eigenvalue weighted by Gasteiger charge is 2.26. The SMILES string of the molecule is CCCNC(c1cccc(Cl)c1)C1CCSC1. The van der Waals surface area contributed by atoms with Crippen molar-refractivity contribution in [3.8, 4) is 0 Å². The molecular formula is C14H20ClNS. The summed E-state index contributed by atoms with van der Waals surface area (Å²) < 4.78 is 0. The predicted molar refractivity (Wildman–Crippen MR) is 77.9 cm³/mol. The summed E-state index contributed by atoms with van der Waals surface area (Å²) in [5.41, 5.74) is 1.35. The van der Waals surface area contributed by atoms with Crippen molar-refractivity contribution in [2.75, 3.05) is 18.1 Å². The van der Waals surface area contributed by atoms with Gasteiger partial charge in [-0.25, -0.2) is 0 Å². The van der Waals surface area contributed by atoms with Crippen LogP contribution in [0.3, 0.4) is 0 Å². The number of hydrogen-bond acceptors (Lipinski definition) is 2. The molecule has 2 unspecified atom stereocenters. The Morgan fingerprint density at radius 2 is 2.41 bits per heavy atom. The minimum atomic E-state index is 0.476. The summed E-state index contributed by atoms with van der Waals surface area (Å²) in [4.78, 5) is 0. The fourth-order valence-electron chi connectivity index (χ4n) is 2.37. The van der Waals surface area contributed by atoms with E-state index in [1.165, 1.54) is 29.9 Å². The number of halogens is 1. The lowest BCUT2D eigenvalue weighted by Gasteiger charge is -2.25. The molecule has 3 heteroatoms. The van der Waals surface area contributed by atoms with Crippen molar-refractivity contribution in [3.63, 3.8) is 0 Å². The zero-order valence-corrected chi connectivity index (χ0v) is 11.9. The van der Waals surface area contributed by atoms with Crippen LogP contribution in [-0.2, 0) is 0 Å². The first-order valence-electron chi connectivity index (χ1n) is 6.38. The van der Waals surface area contributed by atoms with Crippen LogP contribution in [0, 0.1) is 5.92 Å². The van der Waals surface area contributed by atoms with Gasteiger partial charge in [-0.15, -0.1) is 0 Å². The molecule has 1 nitrogen and oxygen atoms in total. The highest BCUT2D eigenvalue weighted by Crippen LogP contribution is 2.34. The second kappa shape index (κ2) is 6.67. The van der Waals surface area contributed by atoms with Crippen molar-refractivity contribution in [1.82, 2.24) is 5.32 Å². The second-order valence-corrected chi connectivity index (χ2v) is 6.20. The summed E-state index contributed by atoms with van der Waals surface area (Å²) in [5, 5.41) is 4.53. The molecular weight excluding hydrogens is 250 g/mol. The van der Waals surface area contributed by atoms with Crippen LogP contribution in [0.5, 0.6) is 0 Å². The van der Waals surface area contributed by atoms with Gasteiger partial charge in [-0.05, 0) is 54.5 Å². The smallest absolute Gasteiger partial charge is 0.0409 e. The highest BCUT2D eigenvalue weighted by atomic mass is 35.5. The molecule has 1 aliphatic rings. The van der Waals surface area contributed by atoms with Crippen molar-refractivity contribution in [2.24, 2.45) is 5.92 Å². The maximum Gasteiger partial charge on any atom is 0.0409 e. The van der Waals surface area contributed by atoms with Crippen LogP contribution < -0.4 is 5.32 Å². The third-order valence-corrected chi connectivity index (χ3v) is 4.68. The van der Waals surface area contributed by atoms with E-state index < -0.39 is 0 Å². The van der Waals surface area contributed by atoms with E-state index in [1.807, 2.05) is 6.07 Å². The molecule has 94 valence electrons. The first-order valence-corrected chi connectivity index (χ1v) is 7.91. The lowest BCUT2D eigenvalue weighted by atomic mass is 9.92. The Balaban J connectivity index is 2.13.